The number of halogens is 1. The third-order valence-corrected chi connectivity index (χ3v) is 6.97. The van der Waals surface area contributed by atoms with E-state index in [0.29, 0.717) is 17.7 Å². The molecule has 4 rings (SSSR count). The number of benzene rings is 2. The van der Waals surface area contributed by atoms with Gasteiger partial charge in [0.15, 0.2) is 17.4 Å². The van der Waals surface area contributed by atoms with Gasteiger partial charge in [-0.15, -0.1) is 9.78 Å². The Kier molecular flexibility index (Phi) is 14.8. The molecule has 0 bridgehead atoms. The summed E-state index contributed by atoms with van der Waals surface area (Å²) >= 11 is 0. The van der Waals surface area contributed by atoms with Gasteiger partial charge in [-0.2, -0.15) is 4.98 Å². The summed E-state index contributed by atoms with van der Waals surface area (Å²) in [5.41, 5.74) is 0.728. The van der Waals surface area contributed by atoms with Crippen LogP contribution in [0.1, 0.15) is 63.5 Å². The second kappa shape index (κ2) is 19.9. The number of carbonyl (C=O) groups is 3. The van der Waals surface area contributed by atoms with Crippen molar-refractivity contribution >= 4 is 29.7 Å². The Balaban J connectivity index is 1.73. The summed E-state index contributed by atoms with van der Waals surface area (Å²) in [5, 5.41) is 18.4. The lowest BCUT2D eigenvalue weighted by molar-refractivity contribution is -0.141. The molecule has 2 aromatic heterocycles. The van der Waals surface area contributed by atoms with E-state index >= 15 is 4.39 Å². The summed E-state index contributed by atoms with van der Waals surface area (Å²) in [6.07, 6.45) is 2.29. The molecular formula is C35H41FN8O10. The lowest BCUT2D eigenvalue weighted by Crippen LogP contribution is -2.31. The fraction of sp³-hybridized carbons (Fsp3) is 0.371. The zero-order valence-corrected chi connectivity index (χ0v) is 30.3. The normalized spacial score (nSPS) is 11.2. The Labute approximate surface area is 309 Å². The SMILES string of the molecule is CCCCOC(=O)NC(=N)c1ccc(N[C@@H](c2nc(OCOC(=O)OC(C)C)n(-c3ncccn3)n2)c2cc(OC)cc(OCCOC(C)=O)c2F)cc1. The summed E-state index contributed by atoms with van der Waals surface area (Å²) in [7, 11) is 1.39. The molecule has 0 saturated heterocycles. The molecule has 4 aromatic rings. The van der Waals surface area contributed by atoms with Crippen LogP contribution >= 0.6 is 0 Å². The third-order valence-electron chi connectivity index (χ3n) is 6.97. The van der Waals surface area contributed by atoms with E-state index in [4.69, 9.17) is 38.6 Å². The summed E-state index contributed by atoms with van der Waals surface area (Å²) in [6.45, 7) is 5.81. The first-order valence-electron chi connectivity index (χ1n) is 16.7. The molecule has 2 aromatic carbocycles. The van der Waals surface area contributed by atoms with Crippen molar-refractivity contribution in [1.82, 2.24) is 30.0 Å². The number of aromatic nitrogens is 5. The van der Waals surface area contributed by atoms with Gasteiger partial charge >= 0.3 is 24.2 Å². The number of ether oxygens (including phenoxy) is 7. The largest absolute Gasteiger partial charge is 0.511 e. The number of esters is 1. The predicted molar refractivity (Wildman–Crippen MR) is 188 cm³/mol. The zero-order valence-electron chi connectivity index (χ0n) is 30.3. The molecule has 0 radical (unpaired) electrons. The van der Waals surface area contributed by atoms with E-state index in [0.717, 1.165) is 11.1 Å². The fourth-order valence-electron chi connectivity index (χ4n) is 4.48. The minimum absolute atomic E-state index is 0.0268. The highest BCUT2D eigenvalue weighted by atomic mass is 19.1. The van der Waals surface area contributed by atoms with Crippen LogP contribution in [0.3, 0.4) is 0 Å². The van der Waals surface area contributed by atoms with Gasteiger partial charge in [0, 0.05) is 42.2 Å². The molecule has 0 spiro atoms. The molecule has 1 atom stereocenters. The quantitative estimate of drug-likeness (QED) is 0.0301. The summed E-state index contributed by atoms with van der Waals surface area (Å²) in [6, 6.07) is 9.22. The number of alkyl carbamates (subject to hydrolysis) is 1. The van der Waals surface area contributed by atoms with Crippen LogP contribution in [0.5, 0.6) is 17.5 Å². The van der Waals surface area contributed by atoms with Crippen LogP contribution in [0.25, 0.3) is 5.95 Å². The van der Waals surface area contributed by atoms with Gasteiger partial charge < -0.3 is 38.5 Å². The molecule has 0 unspecified atom stereocenters. The Morgan fingerprint density at radius 2 is 1.72 bits per heavy atom. The number of amides is 1. The van der Waals surface area contributed by atoms with E-state index in [1.54, 1.807) is 44.2 Å². The van der Waals surface area contributed by atoms with Crippen molar-refractivity contribution in [3.63, 3.8) is 0 Å². The molecule has 2 heterocycles. The van der Waals surface area contributed by atoms with Crippen LogP contribution in [0.4, 0.5) is 19.7 Å². The smallest absolute Gasteiger partial charge is 0.497 e. The first kappa shape index (κ1) is 40.2. The van der Waals surface area contributed by atoms with Crippen molar-refractivity contribution in [3.05, 3.63) is 77.6 Å². The molecule has 0 fully saturated rings. The van der Waals surface area contributed by atoms with E-state index in [1.165, 1.54) is 38.6 Å². The van der Waals surface area contributed by atoms with Crippen molar-refractivity contribution in [2.75, 3.05) is 39.0 Å². The molecule has 19 heteroatoms. The maximum Gasteiger partial charge on any atom is 0.511 e. The van der Waals surface area contributed by atoms with Gasteiger partial charge in [-0.3, -0.25) is 15.5 Å². The summed E-state index contributed by atoms with van der Waals surface area (Å²) in [5.74, 6) is -1.59. The number of anilines is 1. The average Bonchev–Trinajstić information content (AvgIpc) is 3.57. The standard InChI is InChI=1S/C35H41FN8O10/c1-6-7-15-51-34(46)41-30(37)23-9-11-24(12-10-23)40-29(26-18-25(48-5)19-27(28(26)36)50-17-16-49-22(4)45)31-42-33(52-20-53-35(47)54-21(2)3)44(43-31)32-38-13-8-14-39-32/h8-14,18-19,21,29,40H,6-7,15-17,20H2,1-5H3,(H2,37,41,46)/t29-/m1/s1. The van der Waals surface area contributed by atoms with Gasteiger partial charge in [-0.25, -0.2) is 23.9 Å². The number of amidine groups is 1. The van der Waals surface area contributed by atoms with Gasteiger partial charge in [0.1, 0.15) is 30.8 Å². The van der Waals surface area contributed by atoms with E-state index in [-0.39, 0.29) is 60.5 Å². The Hall–Kier alpha value is -6.53. The molecule has 1 amide bonds. The molecule has 54 heavy (non-hydrogen) atoms. The highest BCUT2D eigenvalue weighted by molar-refractivity contribution is 6.04. The van der Waals surface area contributed by atoms with Gasteiger partial charge in [0.25, 0.3) is 5.95 Å². The minimum atomic E-state index is -1.20. The second-order valence-corrected chi connectivity index (χ2v) is 11.4. The molecule has 0 saturated carbocycles. The number of nitrogens with zero attached hydrogens (tertiary/aromatic N) is 5. The highest BCUT2D eigenvalue weighted by Gasteiger charge is 2.29. The van der Waals surface area contributed by atoms with Gasteiger partial charge in [0.2, 0.25) is 6.79 Å². The van der Waals surface area contributed by atoms with Crippen LogP contribution < -0.4 is 24.8 Å². The number of nitrogens with one attached hydrogen (secondary N) is 3. The number of unbranched alkanes of at least 4 members (excludes halogenated alkanes) is 1. The van der Waals surface area contributed by atoms with Crippen molar-refractivity contribution in [2.24, 2.45) is 0 Å². The van der Waals surface area contributed by atoms with E-state index in [9.17, 15) is 14.4 Å². The number of carbonyl (C=O) groups excluding carboxylic acids is 3. The van der Waals surface area contributed by atoms with Crippen molar-refractivity contribution < 1.29 is 51.9 Å². The predicted octanol–water partition coefficient (Wildman–Crippen LogP) is 5.10. The number of hydrogen-bond acceptors (Lipinski definition) is 16. The summed E-state index contributed by atoms with van der Waals surface area (Å²) < 4.78 is 54.3. The monoisotopic (exact) mass is 752 g/mol. The van der Waals surface area contributed by atoms with Crippen molar-refractivity contribution in [3.8, 4) is 23.5 Å². The maximum atomic E-state index is 16.4. The average molecular weight is 753 g/mol. The Morgan fingerprint density at radius 1 is 0.981 bits per heavy atom. The van der Waals surface area contributed by atoms with Crippen LogP contribution in [0, 0.1) is 11.2 Å². The van der Waals surface area contributed by atoms with Gasteiger partial charge in [-0.05, 0) is 56.7 Å². The molecule has 0 aliphatic heterocycles. The molecular weight excluding hydrogens is 711 g/mol. The van der Waals surface area contributed by atoms with Crippen molar-refractivity contribution in [1.29, 1.82) is 5.41 Å². The number of hydrogen-bond donors (Lipinski definition) is 3. The summed E-state index contributed by atoms with van der Waals surface area (Å²) in [4.78, 5) is 48.3. The zero-order chi connectivity index (χ0) is 39.0. The van der Waals surface area contributed by atoms with Crippen LogP contribution in [0.2, 0.25) is 0 Å². The van der Waals surface area contributed by atoms with Crippen LogP contribution in [-0.4, -0.2) is 88.6 Å². The maximum absolute atomic E-state index is 16.4. The van der Waals surface area contributed by atoms with Crippen LogP contribution in [-0.2, 0) is 23.7 Å². The van der Waals surface area contributed by atoms with E-state index in [1.807, 2.05) is 6.92 Å². The number of methoxy groups -OCH3 is 1. The van der Waals surface area contributed by atoms with Gasteiger partial charge in [0.05, 0.1) is 19.8 Å². The first-order valence-corrected chi connectivity index (χ1v) is 16.7. The van der Waals surface area contributed by atoms with E-state index in [2.05, 4.69) is 30.7 Å². The first-order chi connectivity index (χ1) is 26.0. The third kappa shape index (κ3) is 11.8. The van der Waals surface area contributed by atoms with Crippen molar-refractivity contribution in [2.45, 2.75) is 52.7 Å². The molecule has 18 nitrogen and oxygen atoms in total. The Bertz CT molecular complexity index is 1880. The fourth-order valence-corrected chi connectivity index (χ4v) is 4.48. The van der Waals surface area contributed by atoms with E-state index < -0.39 is 43.0 Å². The lowest BCUT2D eigenvalue weighted by Gasteiger charge is -2.21. The highest BCUT2D eigenvalue weighted by Crippen LogP contribution is 2.36. The van der Waals surface area contributed by atoms with Gasteiger partial charge in [-0.1, -0.05) is 13.3 Å². The Morgan fingerprint density at radius 3 is 2.39 bits per heavy atom. The number of rotatable bonds is 18. The molecule has 0 aliphatic carbocycles. The molecule has 288 valence electrons. The molecule has 3 N–H and O–H groups in total. The second-order valence-electron chi connectivity index (χ2n) is 11.4. The molecule has 0 aliphatic rings. The lowest BCUT2D eigenvalue weighted by atomic mass is 10.0. The minimum Gasteiger partial charge on any atom is -0.497 e. The van der Waals surface area contributed by atoms with Crippen LogP contribution in [0.15, 0.2) is 54.9 Å². The topological polar surface area (TPSA) is 220 Å².